The Morgan fingerprint density at radius 3 is 2.53 bits per heavy atom. The number of benzene rings is 1. The highest BCUT2D eigenvalue weighted by atomic mass is 32.2. The van der Waals surface area contributed by atoms with Crippen LogP contribution < -0.4 is 0 Å². The molecule has 3 atom stereocenters. The van der Waals surface area contributed by atoms with Gasteiger partial charge in [0.25, 0.3) is 0 Å². The van der Waals surface area contributed by atoms with E-state index in [0.29, 0.717) is 17.7 Å². The van der Waals surface area contributed by atoms with Gasteiger partial charge in [0.15, 0.2) is 9.84 Å². The Hall–Kier alpha value is -0.910. The molecule has 1 saturated carbocycles. The summed E-state index contributed by atoms with van der Waals surface area (Å²) in [6.45, 7) is -0.303. The van der Waals surface area contributed by atoms with E-state index in [1.54, 1.807) is 30.3 Å². The van der Waals surface area contributed by atoms with E-state index in [0.717, 1.165) is 12.8 Å². The molecule has 19 heavy (non-hydrogen) atoms. The third kappa shape index (κ3) is 3.16. The molecule has 0 amide bonds. The number of hydrogen-bond acceptors (Lipinski definition) is 4. The molecule has 3 unspecified atom stereocenters. The van der Waals surface area contributed by atoms with Gasteiger partial charge in [-0.05, 0) is 37.3 Å². The lowest BCUT2D eigenvalue weighted by Crippen LogP contribution is -2.35. The molecule has 0 spiro atoms. The first-order valence-electron chi connectivity index (χ1n) is 6.63. The summed E-state index contributed by atoms with van der Waals surface area (Å²) in [7, 11) is -3.33. The number of rotatable bonds is 4. The van der Waals surface area contributed by atoms with Gasteiger partial charge < -0.3 is 10.2 Å². The van der Waals surface area contributed by atoms with Crippen LogP contribution in [-0.2, 0) is 9.84 Å². The van der Waals surface area contributed by atoms with Crippen LogP contribution in [0.2, 0.25) is 0 Å². The lowest BCUT2D eigenvalue weighted by molar-refractivity contribution is 0.0331. The molecule has 0 aromatic heterocycles. The molecule has 2 N–H and O–H groups in total. The molecule has 1 aromatic rings. The lowest BCUT2D eigenvalue weighted by Gasteiger charge is -2.31. The van der Waals surface area contributed by atoms with Crippen LogP contribution in [0.5, 0.6) is 0 Å². The van der Waals surface area contributed by atoms with Crippen molar-refractivity contribution >= 4 is 9.84 Å². The van der Waals surface area contributed by atoms with E-state index >= 15 is 0 Å². The van der Waals surface area contributed by atoms with Crippen molar-refractivity contribution < 1.29 is 18.6 Å². The number of sulfone groups is 1. The molecular weight excluding hydrogens is 264 g/mol. The predicted molar refractivity (Wildman–Crippen MR) is 72.5 cm³/mol. The van der Waals surface area contributed by atoms with Gasteiger partial charge >= 0.3 is 0 Å². The van der Waals surface area contributed by atoms with Gasteiger partial charge in [0.1, 0.15) is 0 Å². The minimum absolute atomic E-state index is 0.123. The molecule has 0 bridgehead atoms. The van der Waals surface area contributed by atoms with Crippen molar-refractivity contribution in [3.05, 3.63) is 30.3 Å². The smallest absolute Gasteiger partial charge is 0.181 e. The fraction of sp³-hybridized carbons (Fsp3) is 0.571. The van der Waals surface area contributed by atoms with Crippen LogP contribution in [-0.4, -0.2) is 36.6 Å². The molecule has 0 saturated heterocycles. The Morgan fingerprint density at radius 1 is 1.21 bits per heavy atom. The van der Waals surface area contributed by atoms with Gasteiger partial charge in [0.05, 0.1) is 22.9 Å². The third-order valence-corrected chi connectivity index (χ3v) is 6.14. The van der Waals surface area contributed by atoms with Gasteiger partial charge in [-0.1, -0.05) is 24.6 Å². The second-order valence-electron chi connectivity index (χ2n) is 5.16. The minimum Gasteiger partial charge on any atom is -0.394 e. The zero-order valence-electron chi connectivity index (χ0n) is 10.8. The zero-order chi connectivity index (χ0) is 13.9. The molecule has 0 radical (unpaired) electrons. The van der Waals surface area contributed by atoms with E-state index in [-0.39, 0.29) is 12.5 Å². The van der Waals surface area contributed by atoms with Gasteiger partial charge in [-0.15, -0.1) is 0 Å². The second kappa shape index (κ2) is 6.03. The maximum Gasteiger partial charge on any atom is 0.181 e. The fourth-order valence-corrected chi connectivity index (χ4v) is 4.66. The normalized spacial score (nSPS) is 26.0. The highest BCUT2D eigenvalue weighted by Crippen LogP contribution is 2.33. The van der Waals surface area contributed by atoms with E-state index in [2.05, 4.69) is 0 Å². The Morgan fingerprint density at radius 2 is 1.89 bits per heavy atom. The Labute approximate surface area is 114 Å². The van der Waals surface area contributed by atoms with E-state index in [1.165, 1.54) is 0 Å². The van der Waals surface area contributed by atoms with Crippen LogP contribution in [0.1, 0.15) is 25.7 Å². The molecule has 1 aliphatic rings. The monoisotopic (exact) mass is 284 g/mol. The van der Waals surface area contributed by atoms with Crippen molar-refractivity contribution in [3.8, 4) is 0 Å². The summed E-state index contributed by atoms with van der Waals surface area (Å²) in [6, 6.07) is 8.45. The van der Waals surface area contributed by atoms with Crippen molar-refractivity contribution in [1.82, 2.24) is 0 Å². The van der Waals surface area contributed by atoms with E-state index in [9.17, 15) is 13.5 Å². The fourth-order valence-electron chi connectivity index (χ4n) is 2.76. The zero-order valence-corrected chi connectivity index (χ0v) is 11.6. The first-order valence-corrected chi connectivity index (χ1v) is 8.18. The van der Waals surface area contributed by atoms with Crippen LogP contribution in [0.25, 0.3) is 0 Å². The van der Waals surface area contributed by atoms with Gasteiger partial charge in [-0.3, -0.25) is 0 Å². The van der Waals surface area contributed by atoms with E-state index in [1.807, 2.05) is 0 Å². The average molecular weight is 284 g/mol. The molecular formula is C14H20O4S. The standard InChI is InChI=1S/C14H20O4S/c15-10-14(16)11-5-4-8-13(9-11)19(17,18)12-6-2-1-3-7-12/h1-3,6-7,11,13-16H,4-5,8-10H2. The Bertz CT molecular complexity index is 497. The molecule has 106 valence electrons. The van der Waals surface area contributed by atoms with Gasteiger partial charge in [-0.25, -0.2) is 8.42 Å². The van der Waals surface area contributed by atoms with Crippen molar-refractivity contribution in [1.29, 1.82) is 0 Å². The number of aliphatic hydroxyl groups excluding tert-OH is 2. The number of hydrogen-bond donors (Lipinski definition) is 2. The van der Waals surface area contributed by atoms with Crippen LogP contribution >= 0.6 is 0 Å². The van der Waals surface area contributed by atoms with Crippen LogP contribution in [0.4, 0.5) is 0 Å². The average Bonchev–Trinajstić information content (AvgIpc) is 2.47. The first kappa shape index (κ1) is 14.5. The predicted octanol–water partition coefficient (Wildman–Crippen LogP) is 1.37. The Kier molecular flexibility index (Phi) is 4.60. The van der Waals surface area contributed by atoms with Crippen molar-refractivity contribution in [2.24, 2.45) is 5.92 Å². The summed E-state index contributed by atoms with van der Waals surface area (Å²) in [5, 5.41) is 18.2. The summed E-state index contributed by atoms with van der Waals surface area (Å²) in [5.41, 5.74) is 0. The molecule has 4 nitrogen and oxygen atoms in total. The third-order valence-electron chi connectivity index (χ3n) is 3.91. The van der Waals surface area contributed by atoms with Gasteiger partial charge in [0, 0.05) is 0 Å². The molecule has 2 rings (SSSR count). The summed E-state index contributed by atoms with van der Waals surface area (Å²) in [5.74, 6) is -0.123. The molecule has 0 heterocycles. The molecule has 0 aliphatic heterocycles. The molecule has 1 aliphatic carbocycles. The lowest BCUT2D eigenvalue weighted by atomic mass is 9.85. The highest BCUT2D eigenvalue weighted by molar-refractivity contribution is 7.92. The van der Waals surface area contributed by atoms with Gasteiger partial charge in [-0.2, -0.15) is 0 Å². The minimum atomic E-state index is -3.33. The molecule has 1 fully saturated rings. The topological polar surface area (TPSA) is 74.6 Å². The van der Waals surface area contributed by atoms with Crippen molar-refractivity contribution in [2.45, 2.75) is 41.9 Å². The summed E-state index contributed by atoms with van der Waals surface area (Å²) in [6.07, 6.45) is 1.81. The van der Waals surface area contributed by atoms with Gasteiger partial charge in [0.2, 0.25) is 0 Å². The summed E-state index contributed by atoms with van der Waals surface area (Å²) < 4.78 is 25.0. The van der Waals surface area contributed by atoms with Crippen molar-refractivity contribution in [3.63, 3.8) is 0 Å². The Balaban J connectivity index is 2.17. The summed E-state index contributed by atoms with van der Waals surface area (Å²) >= 11 is 0. The van der Waals surface area contributed by atoms with Crippen LogP contribution in [0.3, 0.4) is 0 Å². The quantitative estimate of drug-likeness (QED) is 0.876. The molecule has 1 aromatic carbocycles. The SMILES string of the molecule is O=S(=O)(c1ccccc1)C1CCCC(C(O)CO)C1. The largest absolute Gasteiger partial charge is 0.394 e. The van der Waals surface area contributed by atoms with Crippen LogP contribution in [0.15, 0.2) is 35.2 Å². The maximum absolute atomic E-state index is 12.5. The maximum atomic E-state index is 12.5. The number of aliphatic hydroxyl groups is 2. The molecule has 5 heteroatoms. The van der Waals surface area contributed by atoms with Crippen molar-refractivity contribution in [2.75, 3.05) is 6.61 Å². The van der Waals surface area contributed by atoms with E-state index < -0.39 is 21.2 Å². The summed E-state index contributed by atoms with van der Waals surface area (Å²) in [4.78, 5) is 0.346. The second-order valence-corrected chi connectivity index (χ2v) is 7.38. The van der Waals surface area contributed by atoms with Crippen LogP contribution in [0, 0.1) is 5.92 Å². The first-order chi connectivity index (χ1) is 9.05. The van der Waals surface area contributed by atoms with E-state index in [4.69, 9.17) is 5.11 Å². The highest BCUT2D eigenvalue weighted by Gasteiger charge is 2.35.